The fraction of sp³-hybridized carbons (Fsp3) is 0.263. The molecule has 1 amide bonds. The zero-order chi connectivity index (χ0) is 16.9. The van der Waals surface area contributed by atoms with Gasteiger partial charge in [0.05, 0.1) is 0 Å². The van der Waals surface area contributed by atoms with Crippen LogP contribution in [0.5, 0.6) is 5.75 Å². The first kappa shape index (κ1) is 16.1. The van der Waals surface area contributed by atoms with Crippen molar-refractivity contribution in [2.24, 2.45) is 5.92 Å². The third kappa shape index (κ3) is 3.56. The van der Waals surface area contributed by atoms with E-state index in [1.807, 2.05) is 24.3 Å². The van der Waals surface area contributed by atoms with Gasteiger partial charge >= 0.3 is 5.97 Å². The second kappa shape index (κ2) is 7.17. The summed E-state index contributed by atoms with van der Waals surface area (Å²) in [7, 11) is 0. The Kier molecular flexibility index (Phi) is 4.79. The molecule has 2 aromatic rings. The summed E-state index contributed by atoms with van der Waals surface area (Å²) in [6.07, 6.45) is 6.72. The zero-order valence-corrected chi connectivity index (χ0v) is 13.2. The quantitative estimate of drug-likeness (QED) is 0.824. The van der Waals surface area contributed by atoms with Crippen molar-refractivity contribution < 1.29 is 19.4 Å². The van der Waals surface area contributed by atoms with Crippen molar-refractivity contribution in [1.82, 2.24) is 0 Å². The number of rotatable bonds is 5. The minimum Gasteiger partial charge on any atom is -0.481 e. The molecule has 1 atom stereocenters. The van der Waals surface area contributed by atoms with E-state index in [2.05, 4.69) is 17.5 Å². The number of allylic oxidation sites excluding steroid dienone is 2. The van der Waals surface area contributed by atoms with Crippen LogP contribution >= 0.6 is 0 Å². The highest BCUT2D eigenvalue weighted by Gasteiger charge is 2.19. The summed E-state index contributed by atoms with van der Waals surface area (Å²) >= 11 is 0. The first-order valence-corrected chi connectivity index (χ1v) is 7.97. The molecule has 1 unspecified atom stereocenters. The maximum atomic E-state index is 12.5. The van der Waals surface area contributed by atoms with Crippen molar-refractivity contribution in [1.29, 1.82) is 0 Å². The molecule has 0 bridgehead atoms. The van der Waals surface area contributed by atoms with Crippen molar-refractivity contribution in [3.8, 4) is 5.75 Å². The smallest absolute Gasteiger partial charge is 0.341 e. The highest BCUT2D eigenvalue weighted by molar-refractivity contribution is 6.04. The number of nitrogens with one attached hydrogen (secondary N) is 1. The van der Waals surface area contributed by atoms with E-state index in [-0.39, 0.29) is 11.8 Å². The summed E-state index contributed by atoms with van der Waals surface area (Å²) < 4.78 is 5.34. The molecule has 124 valence electrons. The molecule has 3 rings (SSSR count). The third-order valence-corrected chi connectivity index (χ3v) is 4.13. The molecule has 2 N–H and O–H groups in total. The van der Waals surface area contributed by atoms with E-state index in [9.17, 15) is 9.59 Å². The van der Waals surface area contributed by atoms with Gasteiger partial charge in [-0.3, -0.25) is 4.79 Å². The second-order valence-corrected chi connectivity index (χ2v) is 5.81. The molecule has 5 nitrogen and oxygen atoms in total. The summed E-state index contributed by atoms with van der Waals surface area (Å²) in [5, 5.41) is 13.4. The molecule has 1 aliphatic rings. The number of hydrogen-bond donors (Lipinski definition) is 2. The molecule has 0 aliphatic heterocycles. The molecular formula is C19H19NO4. The summed E-state index contributed by atoms with van der Waals surface area (Å²) in [5.41, 5.74) is 0.716. The fourth-order valence-corrected chi connectivity index (χ4v) is 2.91. The second-order valence-electron chi connectivity index (χ2n) is 5.81. The van der Waals surface area contributed by atoms with E-state index in [4.69, 9.17) is 9.84 Å². The molecule has 5 heteroatoms. The van der Waals surface area contributed by atoms with Gasteiger partial charge in [-0.1, -0.05) is 36.4 Å². The Balaban J connectivity index is 1.86. The van der Waals surface area contributed by atoms with Crippen molar-refractivity contribution >= 4 is 28.3 Å². The zero-order valence-electron chi connectivity index (χ0n) is 13.2. The predicted octanol–water partition coefficient (Wildman–Crippen LogP) is 3.60. The van der Waals surface area contributed by atoms with Crippen LogP contribution in [-0.4, -0.2) is 23.6 Å². The highest BCUT2D eigenvalue weighted by Crippen LogP contribution is 2.32. The Labute approximate surface area is 139 Å². The standard InChI is InChI=1S/C19H19NO4/c21-18(22)12-24-17-11-10-16(14-8-4-5-9-15(14)17)20-19(23)13-6-2-1-3-7-13/h1-2,4-5,8-11,13H,3,6-7,12H2,(H,20,23)(H,21,22). The maximum Gasteiger partial charge on any atom is 0.341 e. The van der Waals surface area contributed by atoms with Gasteiger partial charge in [-0.15, -0.1) is 0 Å². The van der Waals surface area contributed by atoms with Gasteiger partial charge in [0.1, 0.15) is 5.75 Å². The van der Waals surface area contributed by atoms with Crippen LogP contribution in [0.1, 0.15) is 19.3 Å². The number of amides is 1. The van der Waals surface area contributed by atoms with Crippen LogP contribution in [0.2, 0.25) is 0 Å². The van der Waals surface area contributed by atoms with Crippen LogP contribution in [0, 0.1) is 5.92 Å². The Morgan fingerprint density at radius 2 is 1.92 bits per heavy atom. The van der Waals surface area contributed by atoms with Crippen molar-refractivity contribution in [3.63, 3.8) is 0 Å². The number of benzene rings is 2. The normalized spacial score (nSPS) is 16.8. The average Bonchev–Trinajstić information content (AvgIpc) is 2.61. The third-order valence-electron chi connectivity index (χ3n) is 4.13. The van der Waals surface area contributed by atoms with E-state index in [0.29, 0.717) is 11.4 Å². The highest BCUT2D eigenvalue weighted by atomic mass is 16.5. The minimum atomic E-state index is -1.03. The van der Waals surface area contributed by atoms with Crippen LogP contribution in [0.4, 0.5) is 5.69 Å². The van der Waals surface area contributed by atoms with Crippen molar-refractivity contribution in [2.45, 2.75) is 19.3 Å². The van der Waals surface area contributed by atoms with Crippen LogP contribution in [0.15, 0.2) is 48.6 Å². The summed E-state index contributed by atoms with van der Waals surface area (Å²) in [5.74, 6) is -0.520. The molecule has 2 aromatic carbocycles. The van der Waals surface area contributed by atoms with Gasteiger partial charge in [0.15, 0.2) is 6.61 Å². The summed E-state index contributed by atoms with van der Waals surface area (Å²) in [4.78, 5) is 23.2. The number of carbonyl (C=O) groups is 2. The minimum absolute atomic E-state index is 0.00306. The molecule has 0 aromatic heterocycles. The van der Waals surface area contributed by atoms with E-state index in [0.717, 1.165) is 30.0 Å². The predicted molar refractivity (Wildman–Crippen MR) is 92.2 cm³/mol. The number of fused-ring (bicyclic) bond motifs is 1. The lowest BCUT2D eigenvalue weighted by Gasteiger charge is -2.18. The Morgan fingerprint density at radius 3 is 2.62 bits per heavy atom. The average molecular weight is 325 g/mol. The maximum absolute atomic E-state index is 12.5. The molecule has 0 heterocycles. The van der Waals surface area contributed by atoms with Crippen molar-refractivity contribution in [3.05, 3.63) is 48.6 Å². The first-order chi connectivity index (χ1) is 11.6. The lowest BCUT2D eigenvalue weighted by Crippen LogP contribution is -2.23. The molecule has 24 heavy (non-hydrogen) atoms. The van der Waals surface area contributed by atoms with Crippen LogP contribution in [0.3, 0.4) is 0 Å². The number of carboxylic acid groups (broad SMARTS) is 1. The van der Waals surface area contributed by atoms with Gasteiger partial charge in [-0.2, -0.15) is 0 Å². The first-order valence-electron chi connectivity index (χ1n) is 7.97. The molecule has 0 saturated carbocycles. The van der Waals surface area contributed by atoms with E-state index < -0.39 is 12.6 Å². The van der Waals surface area contributed by atoms with E-state index >= 15 is 0 Å². The monoisotopic (exact) mass is 325 g/mol. The van der Waals surface area contributed by atoms with Crippen molar-refractivity contribution in [2.75, 3.05) is 11.9 Å². The number of ether oxygens (including phenoxy) is 1. The largest absolute Gasteiger partial charge is 0.481 e. The topological polar surface area (TPSA) is 75.6 Å². The lowest BCUT2D eigenvalue weighted by molar-refractivity contribution is -0.139. The van der Waals surface area contributed by atoms with Gasteiger partial charge < -0.3 is 15.2 Å². The van der Waals surface area contributed by atoms with Gasteiger partial charge in [0.2, 0.25) is 5.91 Å². The van der Waals surface area contributed by atoms with Crippen LogP contribution in [-0.2, 0) is 9.59 Å². The SMILES string of the molecule is O=C(O)COc1ccc(NC(=O)C2CC=CCC2)c2ccccc12. The Hall–Kier alpha value is -2.82. The number of aliphatic carboxylic acids is 1. The number of carboxylic acids is 1. The fourth-order valence-electron chi connectivity index (χ4n) is 2.91. The number of anilines is 1. The summed E-state index contributed by atoms with van der Waals surface area (Å²) in [6.45, 7) is -0.399. The Morgan fingerprint density at radius 1 is 1.12 bits per heavy atom. The van der Waals surface area contributed by atoms with Gasteiger partial charge in [-0.25, -0.2) is 4.79 Å². The molecule has 0 spiro atoms. The Bertz CT molecular complexity index is 797. The van der Waals surface area contributed by atoms with Gasteiger partial charge in [0.25, 0.3) is 0 Å². The molecular weight excluding hydrogens is 306 g/mol. The van der Waals surface area contributed by atoms with Crippen LogP contribution in [0.25, 0.3) is 10.8 Å². The summed E-state index contributed by atoms with van der Waals surface area (Å²) in [6, 6.07) is 10.9. The van der Waals surface area contributed by atoms with E-state index in [1.165, 1.54) is 0 Å². The van der Waals surface area contributed by atoms with Gasteiger partial charge in [0, 0.05) is 22.4 Å². The number of carbonyl (C=O) groups excluding carboxylic acids is 1. The molecule has 0 fully saturated rings. The number of hydrogen-bond acceptors (Lipinski definition) is 3. The molecule has 1 aliphatic carbocycles. The molecule has 0 radical (unpaired) electrons. The van der Waals surface area contributed by atoms with Crippen LogP contribution < -0.4 is 10.1 Å². The van der Waals surface area contributed by atoms with E-state index in [1.54, 1.807) is 12.1 Å². The lowest BCUT2D eigenvalue weighted by atomic mass is 9.93. The molecule has 0 saturated heterocycles. The van der Waals surface area contributed by atoms with Gasteiger partial charge in [-0.05, 0) is 31.4 Å².